The Bertz CT molecular complexity index is 427. The summed E-state index contributed by atoms with van der Waals surface area (Å²) in [6.45, 7) is 1.16. The highest BCUT2D eigenvalue weighted by atomic mass is 16.3. The minimum absolute atomic E-state index is 0.0171. The van der Waals surface area contributed by atoms with E-state index in [1.807, 2.05) is 0 Å². The van der Waals surface area contributed by atoms with Gasteiger partial charge in [-0.15, -0.1) is 0 Å². The molecule has 0 saturated heterocycles. The molecule has 0 atom stereocenters. The molecule has 0 aromatic carbocycles. The third kappa shape index (κ3) is 2.79. The van der Waals surface area contributed by atoms with Gasteiger partial charge in [-0.05, 0) is 0 Å². The van der Waals surface area contributed by atoms with Gasteiger partial charge in [0.1, 0.15) is 5.69 Å². The fourth-order valence-corrected chi connectivity index (χ4v) is 1.63. The molecule has 0 aliphatic carbocycles. The van der Waals surface area contributed by atoms with Crippen LogP contribution >= 0.6 is 0 Å². The molecule has 0 radical (unpaired) electrons. The van der Waals surface area contributed by atoms with Crippen LogP contribution in [0.5, 0.6) is 0 Å². The van der Waals surface area contributed by atoms with Gasteiger partial charge in [-0.2, -0.15) is 0 Å². The largest absolute Gasteiger partial charge is 0.396 e. The lowest BCUT2D eigenvalue weighted by atomic mass is 10.1. The van der Waals surface area contributed by atoms with Gasteiger partial charge in [0.15, 0.2) is 0 Å². The minimum Gasteiger partial charge on any atom is -0.396 e. The lowest BCUT2D eigenvalue weighted by molar-refractivity contribution is 0.148. The molecule has 0 unspecified atom stereocenters. The van der Waals surface area contributed by atoms with E-state index in [9.17, 15) is 0 Å². The van der Waals surface area contributed by atoms with Crippen LogP contribution in [0.2, 0.25) is 0 Å². The Labute approximate surface area is 99.1 Å². The first-order chi connectivity index (χ1) is 8.35. The number of hydrogen-bond acceptors (Lipinski definition) is 5. The third-order valence-corrected chi connectivity index (χ3v) is 2.66. The van der Waals surface area contributed by atoms with Gasteiger partial charge in [-0.1, -0.05) is 0 Å². The number of aliphatic hydroxyl groups is 2. The third-order valence-electron chi connectivity index (χ3n) is 2.66. The van der Waals surface area contributed by atoms with Crippen molar-refractivity contribution < 1.29 is 10.2 Å². The van der Waals surface area contributed by atoms with Crippen molar-refractivity contribution >= 4 is 0 Å². The van der Waals surface area contributed by atoms with Crippen LogP contribution in [0.3, 0.4) is 0 Å². The van der Waals surface area contributed by atoms with Crippen LogP contribution in [0.15, 0.2) is 18.7 Å². The number of fused-ring (bicyclic) bond motifs is 1. The maximum absolute atomic E-state index is 8.93. The molecule has 6 nitrogen and oxygen atoms in total. The fraction of sp³-hybridized carbons (Fsp3) is 0.455. The predicted octanol–water partition coefficient (Wildman–Crippen LogP) is -0.400. The van der Waals surface area contributed by atoms with Crippen LogP contribution in [0.1, 0.15) is 5.56 Å². The number of H-pyrrole nitrogens is 1. The van der Waals surface area contributed by atoms with Crippen molar-refractivity contribution in [1.29, 1.82) is 0 Å². The number of nitrogens with one attached hydrogen (secondary N) is 2. The van der Waals surface area contributed by atoms with Gasteiger partial charge >= 0.3 is 0 Å². The smallest absolute Gasteiger partial charge is 0.105 e. The summed E-state index contributed by atoms with van der Waals surface area (Å²) in [7, 11) is 0. The molecule has 17 heavy (non-hydrogen) atoms. The molecule has 0 bridgehead atoms. The van der Waals surface area contributed by atoms with Crippen molar-refractivity contribution in [1.82, 2.24) is 20.3 Å². The molecule has 2 rings (SSSR count). The van der Waals surface area contributed by atoms with Crippen LogP contribution in [0, 0.1) is 5.92 Å². The molecule has 0 aromatic heterocycles. The Morgan fingerprint density at radius 1 is 1.29 bits per heavy atom. The lowest BCUT2D eigenvalue weighted by Crippen LogP contribution is -2.27. The number of rotatable bonds is 6. The summed E-state index contributed by atoms with van der Waals surface area (Å²) in [5, 5.41) is 21.0. The highest BCUT2D eigenvalue weighted by molar-refractivity contribution is 5.59. The van der Waals surface area contributed by atoms with Gasteiger partial charge in [0.05, 0.1) is 12.0 Å². The first-order valence-corrected chi connectivity index (χ1v) is 5.54. The van der Waals surface area contributed by atoms with E-state index in [0.29, 0.717) is 13.1 Å². The first kappa shape index (κ1) is 12.0. The molecule has 2 heterocycles. The highest BCUT2D eigenvalue weighted by Gasteiger charge is 2.12. The summed E-state index contributed by atoms with van der Waals surface area (Å²) >= 11 is 0. The number of nitrogens with zero attached hydrogens (tertiary/aromatic N) is 2. The molecule has 0 spiro atoms. The van der Waals surface area contributed by atoms with E-state index in [4.69, 9.17) is 10.2 Å². The molecule has 6 heteroatoms. The molecular weight excluding hydrogens is 220 g/mol. The predicted molar refractivity (Wildman–Crippen MR) is 62.4 cm³/mol. The van der Waals surface area contributed by atoms with Crippen LogP contribution in [-0.4, -0.2) is 44.9 Å². The summed E-state index contributed by atoms with van der Waals surface area (Å²) in [5.41, 5.74) is 2.73. The average molecular weight is 236 g/mol. The van der Waals surface area contributed by atoms with Crippen LogP contribution in [-0.2, 0) is 6.54 Å². The summed E-state index contributed by atoms with van der Waals surface area (Å²) in [4.78, 5) is 11.3. The van der Waals surface area contributed by atoms with Crippen molar-refractivity contribution in [3.05, 3.63) is 24.3 Å². The molecule has 2 aliphatic rings. The Hall–Kier alpha value is -1.50. The standard InChI is InChI=1S/C11H16N4O2/c16-5-8(6-17)1-12-2-9-3-14-10-4-13-7-15-11(9)10/h3-4,7-8,12,16-17H,1-2,5-6H2,(H,13,15). The highest BCUT2D eigenvalue weighted by Crippen LogP contribution is 2.20. The Balaban J connectivity index is 1.91. The molecule has 0 saturated carbocycles. The second-order valence-electron chi connectivity index (χ2n) is 3.95. The minimum atomic E-state index is -0.120. The Morgan fingerprint density at radius 3 is 2.88 bits per heavy atom. The van der Waals surface area contributed by atoms with Gasteiger partial charge in [0, 0.05) is 50.2 Å². The maximum atomic E-state index is 8.93. The summed E-state index contributed by atoms with van der Waals surface area (Å²) in [5.74, 6) is -0.120. The van der Waals surface area contributed by atoms with Crippen LogP contribution in [0.25, 0.3) is 11.4 Å². The zero-order valence-electron chi connectivity index (χ0n) is 9.43. The second-order valence-corrected chi connectivity index (χ2v) is 3.95. The van der Waals surface area contributed by atoms with Crippen molar-refractivity contribution in [3.63, 3.8) is 0 Å². The molecule has 2 aliphatic heterocycles. The van der Waals surface area contributed by atoms with E-state index >= 15 is 0 Å². The summed E-state index contributed by atoms with van der Waals surface area (Å²) in [6.07, 6.45) is 5.21. The lowest BCUT2D eigenvalue weighted by Gasteiger charge is -2.11. The zero-order chi connectivity index (χ0) is 12.1. The zero-order valence-corrected chi connectivity index (χ0v) is 9.43. The Morgan fingerprint density at radius 2 is 2.12 bits per heavy atom. The molecule has 0 aromatic rings. The first-order valence-electron chi connectivity index (χ1n) is 5.54. The van der Waals surface area contributed by atoms with E-state index in [0.717, 1.165) is 17.0 Å². The van der Waals surface area contributed by atoms with Crippen molar-refractivity contribution in [2.75, 3.05) is 19.8 Å². The summed E-state index contributed by atoms with van der Waals surface area (Å²) in [6, 6.07) is 0. The summed E-state index contributed by atoms with van der Waals surface area (Å²) < 4.78 is 0. The molecule has 92 valence electrons. The van der Waals surface area contributed by atoms with E-state index in [1.165, 1.54) is 0 Å². The Kier molecular flexibility index (Phi) is 4.03. The van der Waals surface area contributed by atoms with Crippen molar-refractivity contribution in [2.45, 2.75) is 6.54 Å². The van der Waals surface area contributed by atoms with Crippen molar-refractivity contribution in [3.8, 4) is 11.4 Å². The van der Waals surface area contributed by atoms with Gasteiger partial charge in [-0.3, -0.25) is 4.98 Å². The van der Waals surface area contributed by atoms with Gasteiger partial charge < -0.3 is 20.5 Å². The maximum Gasteiger partial charge on any atom is 0.105 e. The molecular formula is C11H16N4O2. The number of aliphatic hydroxyl groups excluding tert-OH is 2. The van der Waals surface area contributed by atoms with E-state index in [-0.39, 0.29) is 19.1 Å². The van der Waals surface area contributed by atoms with Crippen molar-refractivity contribution in [2.24, 2.45) is 5.92 Å². The van der Waals surface area contributed by atoms with Gasteiger partial charge in [0.2, 0.25) is 0 Å². The normalized spacial score (nSPS) is 11.5. The fourth-order valence-electron chi connectivity index (χ4n) is 1.63. The molecule has 0 amide bonds. The number of hydrogen-bond donors (Lipinski definition) is 4. The second kappa shape index (κ2) is 5.72. The van der Waals surface area contributed by atoms with E-state index in [2.05, 4.69) is 20.3 Å². The number of aromatic nitrogens is 3. The SMILES string of the molecule is OCC(CO)CNCc1cnc2c[nH]cnc1-2. The quantitative estimate of drug-likeness (QED) is 0.547. The average Bonchev–Trinajstić information content (AvgIpc) is 2.78. The number of aromatic amines is 1. The van der Waals surface area contributed by atoms with Crippen LogP contribution in [0.4, 0.5) is 0 Å². The monoisotopic (exact) mass is 236 g/mol. The van der Waals surface area contributed by atoms with E-state index in [1.54, 1.807) is 18.7 Å². The molecule has 0 fully saturated rings. The topological polar surface area (TPSA) is 94.1 Å². The van der Waals surface area contributed by atoms with Crippen LogP contribution < -0.4 is 5.32 Å². The molecule has 4 N–H and O–H groups in total. The van der Waals surface area contributed by atoms with Gasteiger partial charge in [-0.25, -0.2) is 4.98 Å². The van der Waals surface area contributed by atoms with E-state index < -0.39 is 0 Å². The van der Waals surface area contributed by atoms with Gasteiger partial charge in [0.25, 0.3) is 0 Å².